The van der Waals surface area contributed by atoms with E-state index in [1.807, 2.05) is 7.05 Å². The Morgan fingerprint density at radius 3 is 2.60 bits per heavy atom. The quantitative estimate of drug-likeness (QED) is 0.757. The molecule has 2 atom stereocenters. The monoisotopic (exact) mass is 235 g/mol. The van der Waals surface area contributed by atoms with Crippen molar-refractivity contribution in [1.29, 1.82) is 0 Å². The maximum absolute atomic E-state index is 12.0. The van der Waals surface area contributed by atoms with Gasteiger partial charge in [0.05, 0.1) is 17.6 Å². The lowest BCUT2D eigenvalue weighted by molar-refractivity contribution is 0.216. The van der Waals surface area contributed by atoms with Gasteiger partial charge in [-0.2, -0.15) is 0 Å². The van der Waals surface area contributed by atoms with Gasteiger partial charge in [0.2, 0.25) is 0 Å². The normalized spacial score (nSPS) is 27.9. The molecule has 0 spiro atoms. The Hall–Kier alpha value is -0.130. The van der Waals surface area contributed by atoms with E-state index in [9.17, 15) is 8.42 Å². The van der Waals surface area contributed by atoms with Crippen molar-refractivity contribution in [2.45, 2.75) is 37.0 Å². The molecule has 0 aromatic carbocycles. The average molecular weight is 235 g/mol. The molecule has 1 rings (SSSR count). The number of methoxy groups -OCH3 is 1. The summed E-state index contributed by atoms with van der Waals surface area (Å²) >= 11 is 0. The highest BCUT2D eigenvalue weighted by Crippen LogP contribution is 2.24. The molecule has 1 aliphatic carbocycles. The number of rotatable bonds is 5. The van der Waals surface area contributed by atoms with Crippen LogP contribution < -0.4 is 5.32 Å². The molecule has 0 saturated heterocycles. The van der Waals surface area contributed by atoms with E-state index in [1.165, 1.54) is 7.11 Å². The average Bonchev–Trinajstić information content (AvgIpc) is 2.26. The van der Waals surface area contributed by atoms with Gasteiger partial charge in [0.15, 0.2) is 9.84 Å². The van der Waals surface area contributed by atoms with Crippen LogP contribution in [0.1, 0.15) is 25.7 Å². The van der Waals surface area contributed by atoms with Crippen LogP contribution in [0.2, 0.25) is 0 Å². The zero-order chi connectivity index (χ0) is 11.3. The van der Waals surface area contributed by atoms with Gasteiger partial charge in [-0.25, -0.2) is 8.42 Å². The molecule has 0 aromatic heterocycles. The smallest absolute Gasteiger partial charge is 0.156 e. The molecule has 4 nitrogen and oxygen atoms in total. The highest BCUT2D eigenvalue weighted by atomic mass is 32.2. The van der Waals surface area contributed by atoms with E-state index in [1.54, 1.807) is 0 Å². The van der Waals surface area contributed by atoms with Gasteiger partial charge in [0, 0.05) is 13.2 Å². The minimum atomic E-state index is -2.99. The van der Waals surface area contributed by atoms with Crippen LogP contribution >= 0.6 is 0 Å². The third-order valence-corrected chi connectivity index (χ3v) is 5.33. The molecule has 0 amide bonds. The fraction of sp³-hybridized carbons (Fsp3) is 1.00. The summed E-state index contributed by atoms with van der Waals surface area (Å²) in [5.41, 5.74) is 0. The summed E-state index contributed by atoms with van der Waals surface area (Å²) in [5.74, 6) is 0.145. The van der Waals surface area contributed by atoms with Crippen LogP contribution in [0.5, 0.6) is 0 Å². The summed E-state index contributed by atoms with van der Waals surface area (Å²) in [6, 6.07) is 0.126. The zero-order valence-electron chi connectivity index (χ0n) is 9.53. The van der Waals surface area contributed by atoms with Crippen molar-refractivity contribution in [2.75, 3.05) is 26.5 Å². The minimum Gasteiger partial charge on any atom is -0.384 e. The maximum atomic E-state index is 12.0. The maximum Gasteiger partial charge on any atom is 0.156 e. The molecule has 0 heterocycles. The Morgan fingerprint density at radius 2 is 2.00 bits per heavy atom. The van der Waals surface area contributed by atoms with Crippen molar-refractivity contribution in [2.24, 2.45) is 0 Å². The molecular formula is C10H21NO3S. The molecule has 1 fully saturated rings. The Kier molecular flexibility index (Phi) is 5.02. The number of sulfone groups is 1. The molecule has 1 saturated carbocycles. The topological polar surface area (TPSA) is 55.4 Å². The second-order valence-electron chi connectivity index (χ2n) is 4.08. The molecule has 1 aliphatic rings. The van der Waals surface area contributed by atoms with Crippen LogP contribution in [0, 0.1) is 0 Å². The second-order valence-corrected chi connectivity index (χ2v) is 6.42. The highest BCUT2D eigenvalue weighted by Gasteiger charge is 2.33. The van der Waals surface area contributed by atoms with E-state index in [0.29, 0.717) is 6.61 Å². The molecule has 1 N–H and O–H groups in total. The standard InChI is InChI=1S/C10H21NO3S/c1-11-9-5-3-4-6-10(9)15(12,13)8-7-14-2/h9-11H,3-8H2,1-2H3. The number of hydrogen-bond donors (Lipinski definition) is 1. The van der Waals surface area contributed by atoms with E-state index in [-0.39, 0.29) is 17.0 Å². The van der Waals surface area contributed by atoms with Crippen LogP contribution in [-0.4, -0.2) is 46.2 Å². The fourth-order valence-electron chi connectivity index (χ4n) is 2.21. The number of hydrogen-bond acceptors (Lipinski definition) is 4. The highest BCUT2D eigenvalue weighted by molar-refractivity contribution is 7.92. The first-order chi connectivity index (χ1) is 7.11. The summed E-state index contributed by atoms with van der Waals surface area (Å²) in [4.78, 5) is 0. The predicted molar refractivity (Wildman–Crippen MR) is 60.8 cm³/mol. The molecular weight excluding hydrogens is 214 g/mol. The summed E-state index contributed by atoms with van der Waals surface area (Å²) in [7, 11) is 0.382. The van der Waals surface area contributed by atoms with Gasteiger partial charge in [-0.15, -0.1) is 0 Å². The van der Waals surface area contributed by atoms with Crippen LogP contribution in [0.4, 0.5) is 0 Å². The lowest BCUT2D eigenvalue weighted by Crippen LogP contribution is -2.45. The Balaban J connectivity index is 2.65. The molecule has 0 radical (unpaired) electrons. The first kappa shape index (κ1) is 12.9. The van der Waals surface area contributed by atoms with E-state index in [4.69, 9.17) is 4.74 Å². The first-order valence-electron chi connectivity index (χ1n) is 5.49. The van der Waals surface area contributed by atoms with Crippen LogP contribution in [0.3, 0.4) is 0 Å². The lowest BCUT2D eigenvalue weighted by atomic mass is 9.95. The van der Waals surface area contributed by atoms with E-state index >= 15 is 0 Å². The van der Waals surface area contributed by atoms with Crippen molar-refractivity contribution in [3.8, 4) is 0 Å². The Morgan fingerprint density at radius 1 is 1.33 bits per heavy atom. The zero-order valence-corrected chi connectivity index (χ0v) is 10.3. The molecule has 0 aromatic rings. The van der Waals surface area contributed by atoms with E-state index in [2.05, 4.69) is 5.32 Å². The third-order valence-electron chi connectivity index (χ3n) is 3.11. The Bertz CT molecular complexity index is 276. The van der Waals surface area contributed by atoms with Crippen LogP contribution in [0.25, 0.3) is 0 Å². The summed E-state index contributed by atoms with van der Waals surface area (Å²) in [6.45, 7) is 0.301. The van der Waals surface area contributed by atoms with Gasteiger partial charge in [-0.3, -0.25) is 0 Å². The first-order valence-corrected chi connectivity index (χ1v) is 7.21. The summed E-state index contributed by atoms with van der Waals surface area (Å²) in [5, 5.41) is 2.90. The van der Waals surface area contributed by atoms with Crippen molar-refractivity contribution >= 4 is 9.84 Å². The molecule has 5 heteroatoms. The van der Waals surface area contributed by atoms with Crippen LogP contribution in [-0.2, 0) is 14.6 Å². The van der Waals surface area contributed by atoms with Crippen LogP contribution in [0.15, 0.2) is 0 Å². The molecule has 15 heavy (non-hydrogen) atoms. The minimum absolute atomic E-state index is 0.126. The predicted octanol–water partition coefficient (Wildman–Crippen LogP) is 0.578. The van der Waals surface area contributed by atoms with E-state index in [0.717, 1.165) is 25.7 Å². The van der Waals surface area contributed by atoms with Crippen molar-refractivity contribution < 1.29 is 13.2 Å². The number of nitrogens with one attached hydrogen (secondary N) is 1. The molecule has 90 valence electrons. The summed E-state index contributed by atoms with van der Waals surface area (Å²) < 4.78 is 28.8. The second kappa shape index (κ2) is 5.82. The van der Waals surface area contributed by atoms with Crippen molar-refractivity contribution in [3.63, 3.8) is 0 Å². The van der Waals surface area contributed by atoms with Crippen molar-refractivity contribution in [3.05, 3.63) is 0 Å². The summed E-state index contributed by atoms with van der Waals surface area (Å²) in [6.07, 6.45) is 3.90. The van der Waals surface area contributed by atoms with Gasteiger partial charge >= 0.3 is 0 Å². The number of ether oxygens (including phenoxy) is 1. The van der Waals surface area contributed by atoms with Gasteiger partial charge in [0.1, 0.15) is 0 Å². The SMILES string of the molecule is CNC1CCCCC1S(=O)(=O)CCOC. The van der Waals surface area contributed by atoms with Gasteiger partial charge in [-0.1, -0.05) is 12.8 Å². The van der Waals surface area contributed by atoms with E-state index < -0.39 is 9.84 Å². The largest absolute Gasteiger partial charge is 0.384 e. The molecule has 0 aliphatic heterocycles. The van der Waals surface area contributed by atoms with Gasteiger partial charge in [-0.05, 0) is 19.9 Å². The van der Waals surface area contributed by atoms with Gasteiger partial charge in [0.25, 0.3) is 0 Å². The molecule has 2 unspecified atom stereocenters. The van der Waals surface area contributed by atoms with Crippen molar-refractivity contribution in [1.82, 2.24) is 5.32 Å². The third kappa shape index (κ3) is 3.43. The molecule has 0 bridgehead atoms. The van der Waals surface area contributed by atoms with Gasteiger partial charge < -0.3 is 10.1 Å². The Labute approximate surface area is 92.3 Å². The lowest BCUT2D eigenvalue weighted by Gasteiger charge is -2.30. The fourth-order valence-corrected chi connectivity index (χ4v) is 4.21.